The van der Waals surface area contributed by atoms with Crippen molar-refractivity contribution in [1.82, 2.24) is 4.98 Å². The molecule has 1 aromatic carbocycles. The number of nitrogens with one attached hydrogen (secondary N) is 1. The molecule has 2 rings (SSSR count). The second-order valence-electron chi connectivity index (χ2n) is 3.45. The predicted octanol–water partition coefficient (Wildman–Crippen LogP) is 4.66. The van der Waals surface area contributed by atoms with E-state index < -0.39 is 0 Å². The Morgan fingerprint density at radius 1 is 1.12 bits per heavy atom. The zero-order chi connectivity index (χ0) is 11.5. The average molecular weight is 342 g/mol. The highest BCUT2D eigenvalue weighted by molar-refractivity contribution is 9.10. The molecule has 0 saturated carbocycles. The third kappa shape index (κ3) is 2.83. The van der Waals surface area contributed by atoms with Gasteiger partial charge in [0.05, 0.1) is 0 Å². The third-order valence-corrected chi connectivity index (χ3v) is 3.52. The van der Waals surface area contributed by atoms with Gasteiger partial charge in [0.15, 0.2) is 0 Å². The second kappa shape index (κ2) is 4.97. The van der Waals surface area contributed by atoms with Crippen molar-refractivity contribution in [1.29, 1.82) is 0 Å². The first-order valence-corrected chi connectivity index (χ1v) is 6.38. The Labute approximate surface area is 111 Å². The number of hydrogen-bond acceptors (Lipinski definition) is 2. The maximum Gasteiger partial charge on any atom is 0.130 e. The van der Waals surface area contributed by atoms with Gasteiger partial charge in [-0.25, -0.2) is 4.98 Å². The molecule has 0 fully saturated rings. The molecule has 0 aliphatic carbocycles. The number of aromatic nitrogens is 1. The molecule has 4 heteroatoms. The van der Waals surface area contributed by atoms with E-state index in [-0.39, 0.29) is 0 Å². The SMILES string of the molecule is Cc1cc(Nc2ccc(Br)cn2)ccc1Br. The van der Waals surface area contributed by atoms with Gasteiger partial charge in [-0.15, -0.1) is 0 Å². The minimum Gasteiger partial charge on any atom is -0.340 e. The highest BCUT2D eigenvalue weighted by atomic mass is 79.9. The summed E-state index contributed by atoms with van der Waals surface area (Å²) in [5.74, 6) is 0.838. The highest BCUT2D eigenvalue weighted by Gasteiger charge is 1.98. The van der Waals surface area contributed by atoms with Crippen LogP contribution in [0, 0.1) is 6.92 Å². The highest BCUT2D eigenvalue weighted by Crippen LogP contribution is 2.22. The summed E-state index contributed by atoms with van der Waals surface area (Å²) in [6.07, 6.45) is 1.77. The lowest BCUT2D eigenvalue weighted by atomic mass is 10.2. The fourth-order valence-corrected chi connectivity index (χ4v) is 1.80. The number of hydrogen-bond donors (Lipinski definition) is 1. The van der Waals surface area contributed by atoms with Crippen molar-refractivity contribution in [2.24, 2.45) is 0 Å². The average Bonchev–Trinajstić information content (AvgIpc) is 2.27. The van der Waals surface area contributed by atoms with Crippen LogP contribution in [0.25, 0.3) is 0 Å². The van der Waals surface area contributed by atoms with Crippen LogP contribution in [0.3, 0.4) is 0 Å². The molecule has 0 bridgehead atoms. The molecule has 16 heavy (non-hydrogen) atoms. The molecule has 0 unspecified atom stereocenters. The Balaban J connectivity index is 2.20. The zero-order valence-electron chi connectivity index (χ0n) is 8.67. The Hall–Kier alpha value is -0.870. The van der Waals surface area contributed by atoms with Gasteiger partial charge in [0, 0.05) is 20.8 Å². The van der Waals surface area contributed by atoms with Crippen molar-refractivity contribution in [2.45, 2.75) is 6.92 Å². The summed E-state index contributed by atoms with van der Waals surface area (Å²) in [5.41, 5.74) is 2.23. The molecular weight excluding hydrogens is 332 g/mol. The Kier molecular flexibility index (Phi) is 3.61. The fraction of sp³-hybridized carbons (Fsp3) is 0.0833. The predicted molar refractivity (Wildman–Crippen MR) is 74.1 cm³/mol. The first kappa shape index (κ1) is 11.6. The smallest absolute Gasteiger partial charge is 0.130 e. The standard InChI is InChI=1S/C12H10Br2N2/c1-8-6-10(3-4-11(8)14)16-12-5-2-9(13)7-15-12/h2-7H,1H3,(H,15,16). The van der Waals surface area contributed by atoms with Gasteiger partial charge in [-0.05, 0) is 58.7 Å². The molecule has 1 heterocycles. The van der Waals surface area contributed by atoms with Gasteiger partial charge in [0.25, 0.3) is 0 Å². The molecule has 0 spiro atoms. The lowest BCUT2D eigenvalue weighted by molar-refractivity contribution is 1.29. The molecule has 2 nitrogen and oxygen atoms in total. The van der Waals surface area contributed by atoms with E-state index in [1.807, 2.05) is 24.3 Å². The molecule has 0 radical (unpaired) electrons. The summed E-state index contributed by atoms with van der Waals surface area (Å²) in [6, 6.07) is 10.0. The van der Waals surface area contributed by atoms with Crippen LogP contribution < -0.4 is 5.32 Å². The van der Waals surface area contributed by atoms with Gasteiger partial charge in [0.2, 0.25) is 0 Å². The van der Waals surface area contributed by atoms with Crippen LogP contribution in [-0.2, 0) is 0 Å². The van der Waals surface area contributed by atoms with Crippen molar-refractivity contribution in [2.75, 3.05) is 5.32 Å². The molecule has 0 aliphatic heterocycles. The third-order valence-electron chi connectivity index (χ3n) is 2.16. The number of rotatable bonds is 2. The van der Waals surface area contributed by atoms with E-state index in [4.69, 9.17) is 0 Å². The van der Waals surface area contributed by atoms with E-state index in [9.17, 15) is 0 Å². The topological polar surface area (TPSA) is 24.9 Å². The minimum absolute atomic E-state index is 0.838. The van der Waals surface area contributed by atoms with Crippen LogP contribution in [0.1, 0.15) is 5.56 Å². The molecule has 2 aromatic rings. The van der Waals surface area contributed by atoms with Crippen molar-refractivity contribution in [3.05, 3.63) is 51.0 Å². The van der Waals surface area contributed by atoms with Crippen LogP contribution >= 0.6 is 31.9 Å². The van der Waals surface area contributed by atoms with E-state index in [0.717, 1.165) is 20.5 Å². The van der Waals surface area contributed by atoms with Crippen LogP contribution in [-0.4, -0.2) is 4.98 Å². The zero-order valence-corrected chi connectivity index (χ0v) is 11.8. The molecule has 1 N–H and O–H groups in total. The van der Waals surface area contributed by atoms with E-state index in [2.05, 4.69) is 55.2 Å². The van der Waals surface area contributed by atoms with Crippen molar-refractivity contribution in [3.63, 3.8) is 0 Å². The largest absolute Gasteiger partial charge is 0.340 e. The van der Waals surface area contributed by atoms with E-state index in [0.29, 0.717) is 0 Å². The first-order chi connectivity index (χ1) is 7.65. The van der Waals surface area contributed by atoms with Gasteiger partial charge in [-0.1, -0.05) is 15.9 Å². The van der Waals surface area contributed by atoms with Crippen molar-refractivity contribution >= 4 is 43.4 Å². The molecule has 0 aliphatic rings. The number of benzene rings is 1. The summed E-state index contributed by atoms with van der Waals surface area (Å²) < 4.78 is 2.09. The molecule has 0 saturated heterocycles. The first-order valence-electron chi connectivity index (χ1n) is 4.80. The summed E-state index contributed by atoms with van der Waals surface area (Å²) in [4.78, 5) is 4.26. The van der Waals surface area contributed by atoms with Crippen molar-refractivity contribution < 1.29 is 0 Å². The fourth-order valence-electron chi connectivity index (χ4n) is 1.32. The van der Waals surface area contributed by atoms with Crippen molar-refractivity contribution in [3.8, 4) is 0 Å². The maximum atomic E-state index is 4.26. The monoisotopic (exact) mass is 340 g/mol. The van der Waals surface area contributed by atoms with E-state index >= 15 is 0 Å². The van der Waals surface area contributed by atoms with Crippen LogP contribution in [0.2, 0.25) is 0 Å². The molecular formula is C12H10Br2N2. The molecule has 0 atom stereocenters. The number of halogens is 2. The Morgan fingerprint density at radius 2 is 1.94 bits per heavy atom. The van der Waals surface area contributed by atoms with Crippen LogP contribution in [0.5, 0.6) is 0 Å². The summed E-state index contributed by atoms with van der Waals surface area (Å²) in [7, 11) is 0. The molecule has 82 valence electrons. The minimum atomic E-state index is 0.838. The van der Waals surface area contributed by atoms with Gasteiger partial charge in [-0.3, -0.25) is 0 Å². The quantitative estimate of drug-likeness (QED) is 0.859. The van der Waals surface area contributed by atoms with Crippen LogP contribution in [0.4, 0.5) is 11.5 Å². The van der Waals surface area contributed by atoms with Gasteiger partial charge in [-0.2, -0.15) is 0 Å². The number of aryl methyl sites for hydroxylation is 1. The lowest BCUT2D eigenvalue weighted by Crippen LogP contribution is -1.93. The van der Waals surface area contributed by atoms with Gasteiger partial charge >= 0.3 is 0 Å². The second-order valence-corrected chi connectivity index (χ2v) is 5.22. The molecule has 1 aromatic heterocycles. The Morgan fingerprint density at radius 3 is 2.56 bits per heavy atom. The number of anilines is 2. The normalized spacial score (nSPS) is 10.2. The summed E-state index contributed by atoms with van der Waals surface area (Å²) >= 11 is 6.83. The molecule has 0 amide bonds. The van der Waals surface area contributed by atoms with E-state index in [1.165, 1.54) is 5.56 Å². The Bertz CT molecular complexity index is 495. The lowest BCUT2D eigenvalue weighted by Gasteiger charge is -2.07. The van der Waals surface area contributed by atoms with Crippen LogP contribution in [0.15, 0.2) is 45.5 Å². The maximum absolute atomic E-state index is 4.26. The van der Waals surface area contributed by atoms with Gasteiger partial charge < -0.3 is 5.32 Å². The summed E-state index contributed by atoms with van der Waals surface area (Å²) in [6.45, 7) is 2.06. The van der Waals surface area contributed by atoms with E-state index in [1.54, 1.807) is 6.20 Å². The van der Waals surface area contributed by atoms with Gasteiger partial charge in [0.1, 0.15) is 5.82 Å². The number of nitrogens with zero attached hydrogens (tertiary/aromatic N) is 1. The number of pyridine rings is 1. The summed E-state index contributed by atoms with van der Waals surface area (Å²) in [5, 5.41) is 3.25.